The standard InChI is InChI=1S/C20H25FN4O/c21-19-4-2-1-3-16(19)12-24-13-17(25-18(14-24)8-10-23-25)7-9-22-20(26)11-15-5-6-15/h1-4,8,10,15,17H,5-7,9,11-14H2,(H,22,26)/t17-/m0/s1. The van der Waals surface area contributed by atoms with E-state index in [0.717, 1.165) is 30.8 Å². The number of rotatable bonds is 7. The Bertz CT molecular complexity index is 771. The van der Waals surface area contributed by atoms with E-state index in [9.17, 15) is 9.18 Å². The van der Waals surface area contributed by atoms with E-state index >= 15 is 0 Å². The van der Waals surface area contributed by atoms with Gasteiger partial charge >= 0.3 is 0 Å². The van der Waals surface area contributed by atoms with Crippen LogP contribution in [-0.2, 0) is 17.9 Å². The number of amides is 1. The zero-order chi connectivity index (χ0) is 17.9. The van der Waals surface area contributed by atoms with Crippen molar-refractivity contribution in [2.75, 3.05) is 13.1 Å². The first-order valence-corrected chi connectivity index (χ1v) is 9.44. The molecule has 138 valence electrons. The predicted molar refractivity (Wildman–Crippen MR) is 96.7 cm³/mol. The number of hydrogen-bond donors (Lipinski definition) is 1. The predicted octanol–water partition coefficient (Wildman–Crippen LogP) is 2.89. The van der Waals surface area contributed by atoms with Gasteiger partial charge in [-0.05, 0) is 37.3 Å². The Balaban J connectivity index is 1.36. The summed E-state index contributed by atoms with van der Waals surface area (Å²) >= 11 is 0. The van der Waals surface area contributed by atoms with Crippen LogP contribution in [0.3, 0.4) is 0 Å². The van der Waals surface area contributed by atoms with Gasteiger partial charge in [0, 0.05) is 44.4 Å². The van der Waals surface area contributed by atoms with Crippen LogP contribution >= 0.6 is 0 Å². The van der Waals surface area contributed by atoms with Gasteiger partial charge in [-0.15, -0.1) is 0 Å². The first-order valence-electron chi connectivity index (χ1n) is 9.44. The lowest BCUT2D eigenvalue weighted by molar-refractivity contribution is -0.121. The molecule has 0 unspecified atom stereocenters. The van der Waals surface area contributed by atoms with Crippen molar-refractivity contribution in [3.63, 3.8) is 0 Å². The molecule has 2 aliphatic rings. The van der Waals surface area contributed by atoms with Crippen LogP contribution in [0.5, 0.6) is 0 Å². The minimum absolute atomic E-state index is 0.157. The van der Waals surface area contributed by atoms with Gasteiger partial charge in [0.05, 0.1) is 11.7 Å². The molecule has 1 amide bonds. The third kappa shape index (κ3) is 4.12. The summed E-state index contributed by atoms with van der Waals surface area (Å²) < 4.78 is 16.0. The van der Waals surface area contributed by atoms with Crippen LogP contribution < -0.4 is 5.32 Å². The molecule has 1 N–H and O–H groups in total. The zero-order valence-corrected chi connectivity index (χ0v) is 14.9. The molecule has 0 saturated heterocycles. The van der Waals surface area contributed by atoms with E-state index in [-0.39, 0.29) is 17.8 Å². The second-order valence-electron chi connectivity index (χ2n) is 7.47. The van der Waals surface area contributed by atoms with E-state index < -0.39 is 0 Å². The van der Waals surface area contributed by atoms with Gasteiger partial charge in [-0.2, -0.15) is 5.10 Å². The highest BCUT2D eigenvalue weighted by atomic mass is 19.1. The number of carbonyl (C=O) groups is 1. The molecule has 1 aromatic heterocycles. The number of carbonyl (C=O) groups excluding carboxylic acids is 1. The van der Waals surface area contributed by atoms with Crippen LogP contribution in [0.15, 0.2) is 36.5 Å². The van der Waals surface area contributed by atoms with Crippen molar-refractivity contribution in [2.45, 2.75) is 44.8 Å². The van der Waals surface area contributed by atoms with Crippen molar-refractivity contribution in [3.8, 4) is 0 Å². The normalized spacial score (nSPS) is 20.0. The van der Waals surface area contributed by atoms with Crippen LogP contribution in [0, 0.1) is 11.7 Å². The molecule has 6 heteroatoms. The van der Waals surface area contributed by atoms with E-state index in [1.54, 1.807) is 6.07 Å². The van der Waals surface area contributed by atoms with Gasteiger partial charge in [0.15, 0.2) is 0 Å². The summed E-state index contributed by atoms with van der Waals surface area (Å²) in [5.41, 5.74) is 1.86. The summed E-state index contributed by atoms with van der Waals surface area (Å²) in [4.78, 5) is 14.1. The first kappa shape index (κ1) is 17.2. The molecular formula is C20H25FN4O. The van der Waals surface area contributed by atoms with Gasteiger partial charge in [0.2, 0.25) is 5.91 Å². The van der Waals surface area contributed by atoms with Crippen molar-refractivity contribution in [1.29, 1.82) is 0 Å². The van der Waals surface area contributed by atoms with Crippen molar-refractivity contribution >= 4 is 5.91 Å². The van der Waals surface area contributed by atoms with Crippen molar-refractivity contribution < 1.29 is 9.18 Å². The Morgan fingerprint density at radius 3 is 2.92 bits per heavy atom. The fourth-order valence-corrected chi connectivity index (χ4v) is 3.70. The van der Waals surface area contributed by atoms with Gasteiger partial charge in [-0.3, -0.25) is 14.4 Å². The fraction of sp³-hybridized carbons (Fsp3) is 0.500. The first-order chi connectivity index (χ1) is 12.7. The molecular weight excluding hydrogens is 331 g/mol. The Hall–Kier alpha value is -2.21. The molecule has 0 bridgehead atoms. The summed E-state index contributed by atoms with van der Waals surface area (Å²) in [6.07, 6.45) is 5.70. The molecule has 0 spiro atoms. The van der Waals surface area contributed by atoms with Gasteiger partial charge in [-0.1, -0.05) is 18.2 Å². The summed E-state index contributed by atoms with van der Waals surface area (Å²) in [5, 5.41) is 7.50. The summed E-state index contributed by atoms with van der Waals surface area (Å²) in [5.74, 6) is 0.612. The molecule has 1 atom stereocenters. The van der Waals surface area contributed by atoms with Gasteiger partial charge in [0.1, 0.15) is 5.82 Å². The highest BCUT2D eigenvalue weighted by Crippen LogP contribution is 2.32. The molecule has 0 radical (unpaired) electrons. The van der Waals surface area contributed by atoms with Gasteiger partial charge in [-0.25, -0.2) is 4.39 Å². The molecule has 1 fully saturated rings. The number of nitrogens with zero attached hydrogens (tertiary/aromatic N) is 3. The highest BCUT2D eigenvalue weighted by molar-refractivity contribution is 5.76. The van der Waals surface area contributed by atoms with E-state index in [1.165, 1.54) is 18.9 Å². The lowest BCUT2D eigenvalue weighted by atomic mass is 10.1. The molecule has 4 rings (SSSR count). The quantitative estimate of drug-likeness (QED) is 0.830. The van der Waals surface area contributed by atoms with E-state index in [0.29, 0.717) is 25.4 Å². The third-order valence-corrected chi connectivity index (χ3v) is 5.28. The molecule has 1 aromatic carbocycles. The number of fused-ring (bicyclic) bond motifs is 1. The van der Waals surface area contributed by atoms with Crippen molar-refractivity contribution in [3.05, 3.63) is 53.6 Å². The highest BCUT2D eigenvalue weighted by Gasteiger charge is 2.27. The summed E-state index contributed by atoms with van der Waals surface area (Å²) in [6.45, 7) is 2.81. The van der Waals surface area contributed by atoms with E-state index in [4.69, 9.17) is 0 Å². The lowest BCUT2D eigenvalue weighted by Crippen LogP contribution is -2.39. The molecule has 1 aliphatic carbocycles. The molecule has 2 aromatic rings. The number of benzene rings is 1. The van der Waals surface area contributed by atoms with Crippen LogP contribution in [0.2, 0.25) is 0 Å². The number of nitrogens with one attached hydrogen (secondary N) is 1. The molecule has 1 aliphatic heterocycles. The monoisotopic (exact) mass is 356 g/mol. The largest absolute Gasteiger partial charge is 0.356 e. The Morgan fingerprint density at radius 1 is 1.27 bits per heavy atom. The summed E-state index contributed by atoms with van der Waals surface area (Å²) in [6, 6.07) is 9.16. The minimum Gasteiger partial charge on any atom is -0.356 e. The average Bonchev–Trinajstić information content (AvgIpc) is 3.30. The fourth-order valence-electron chi connectivity index (χ4n) is 3.70. The van der Waals surface area contributed by atoms with Crippen LogP contribution in [0.25, 0.3) is 0 Å². The Labute approximate surface area is 153 Å². The van der Waals surface area contributed by atoms with Crippen LogP contribution in [0.1, 0.15) is 43.0 Å². The van der Waals surface area contributed by atoms with E-state index in [1.807, 2.05) is 24.4 Å². The Morgan fingerprint density at radius 2 is 2.12 bits per heavy atom. The van der Waals surface area contributed by atoms with Gasteiger partial charge < -0.3 is 5.32 Å². The zero-order valence-electron chi connectivity index (χ0n) is 14.9. The number of hydrogen-bond acceptors (Lipinski definition) is 3. The second-order valence-corrected chi connectivity index (χ2v) is 7.47. The SMILES string of the molecule is O=C(CC1CC1)NCC[C@H]1CN(Cc2ccccc2F)Cc2ccnn21. The molecule has 26 heavy (non-hydrogen) atoms. The van der Waals surface area contributed by atoms with Crippen LogP contribution in [-0.4, -0.2) is 33.7 Å². The smallest absolute Gasteiger partial charge is 0.220 e. The minimum atomic E-state index is -0.157. The number of aromatic nitrogens is 2. The van der Waals surface area contributed by atoms with Crippen molar-refractivity contribution in [2.24, 2.45) is 5.92 Å². The second kappa shape index (κ2) is 7.58. The van der Waals surface area contributed by atoms with Crippen molar-refractivity contribution in [1.82, 2.24) is 20.0 Å². The van der Waals surface area contributed by atoms with Crippen LogP contribution in [0.4, 0.5) is 4.39 Å². The third-order valence-electron chi connectivity index (χ3n) is 5.28. The lowest BCUT2D eigenvalue weighted by Gasteiger charge is -2.34. The summed E-state index contributed by atoms with van der Waals surface area (Å²) in [7, 11) is 0. The molecule has 2 heterocycles. The van der Waals surface area contributed by atoms with Gasteiger partial charge in [0.25, 0.3) is 0 Å². The average molecular weight is 356 g/mol. The van der Waals surface area contributed by atoms with E-state index in [2.05, 4.69) is 20.0 Å². The maximum Gasteiger partial charge on any atom is 0.220 e. The molecule has 1 saturated carbocycles. The topological polar surface area (TPSA) is 50.2 Å². The Kier molecular flexibility index (Phi) is 5.02. The maximum absolute atomic E-state index is 14.0. The number of halogens is 1. The molecule has 5 nitrogen and oxygen atoms in total. The maximum atomic E-state index is 14.0.